The van der Waals surface area contributed by atoms with Crippen molar-refractivity contribution in [2.75, 3.05) is 45.9 Å². The van der Waals surface area contributed by atoms with Crippen molar-refractivity contribution >= 4 is 27.8 Å². The summed E-state index contributed by atoms with van der Waals surface area (Å²) in [5.41, 5.74) is 3.45. The molecule has 2 atom stereocenters. The number of aliphatic hydroxyl groups excluding tert-OH is 1. The van der Waals surface area contributed by atoms with Gasteiger partial charge in [0.05, 0.1) is 12.6 Å². The first kappa shape index (κ1) is 27.9. The topological polar surface area (TPSA) is 91.1 Å². The second-order valence-corrected chi connectivity index (χ2v) is 10.9. The zero-order chi connectivity index (χ0) is 28.9. The molecular formula is C34H36N4O4. The molecule has 2 heterocycles. The van der Waals surface area contributed by atoms with Crippen LogP contribution >= 0.6 is 0 Å². The molecule has 0 unspecified atom stereocenters. The van der Waals surface area contributed by atoms with Gasteiger partial charge in [0, 0.05) is 44.4 Å². The molecule has 5 aromatic rings. The average molecular weight is 565 g/mol. The normalized spacial score (nSPS) is 16.0. The lowest BCUT2D eigenvalue weighted by Crippen LogP contribution is -2.51. The van der Waals surface area contributed by atoms with E-state index in [0.717, 1.165) is 37.3 Å². The first-order chi connectivity index (χ1) is 20.5. The average Bonchev–Trinajstić information content (AvgIpc) is 3.45. The molecule has 0 radical (unpaired) electrons. The minimum atomic E-state index is -0.630. The Bertz CT molecular complexity index is 1640. The van der Waals surface area contributed by atoms with Gasteiger partial charge in [-0.2, -0.15) is 0 Å². The Morgan fingerprint density at radius 2 is 1.69 bits per heavy atom. The predicted octanol–water partition coefficient (Wildman–Crippen LogP) is 4.88. The van der Waals surface area contributed by atoms with Crippen LogP contribution in [0.1, 0.15) is 18.5 Å². The molecular weight excluding hydrogens is 528 g/mol. The molecule has 4 aromatic carbocycles. The number of ether oxygens (including phenoxy) is 1. The van der Waals surface area contributed by atoms with E-state index >= 15 is 0 Å². The second-order valence-electron chi connectivity index (χ2n) is 10.9. The predicted molar refractivity (Wildman–Crippen MR) is 164 cm³/mol. The van der Waals surface area contributed by atoms with Crippen LogP contribution in [0.2, 0.25) is 0 Å². The summed E-state index contributed by atoms with van der Waals surface area (Å²) in [5, 5.41) is 16.2. The number of amides is 1. The highest BCUT2D eigenvalue weighted by molar-refractivity contribution is 5.87. The number of rotatable bonds is 10. The van der Waals surface area contributed by atoms with Gasteiger partial charge in [-0.1, -0.05) is 60.7 Å². The number of nitrogens with zero attached hydrogens (tertiary/aromatic N) is 3. The lowest BCUT2D eigenvalue weighted by molar-refractivity contribution is -0.123. The van der Waals surface area contributed by atoms with Crippen LogP contribution in [0.25, 0.3) is 33.3 Å². The molecule has 1 aliphatic heterocycles. The number of aromatic nitrogens is 1. The number of fused-ring (bicyclic) bond motifs is 2. The van der Waals surface area contributed by atoms with Crippen LogP contribution < -0.4 is 10.1 Å². The van der Waals surface area contributed by atoms with Gasteiger partial charge in [0.1, 0.15) is 24.0 Å². The van der Waals surface area contributed by atoms with Crippen molar-refractivity contribution in [3.63, 3.8) is 0 Å². The van der Waals surface area contributed by atoms with E-state index in [4.69, 9.17) is 9.15 Å². The molecule has 2 N–H and O–H groups in total. The third kappa shape index (κ3) is 6.62. The molecule has 1 amide bonds. The molecule has 1 fully saturated rings. The Morgan fingerprint density at radius 1 is 0.952 bits per heavy atom. The number of carbonyl (C=O) groups excluding carboxylic acids is 1. The summed E-state index contributed by atoms with van der Waals surface area (Å²) in [4.78, 5) is 21.8. The van der Waals surface area contributed by atoms with Gasteiger partial charge < -0.3 is 19.6 Å². The maximum atomic E-state index is 12.8. The molecule has 216 valence electrons. The van der Waals surface area contributed by atoms with E-state index in [1.165, 1.54) is 10.8 Å². The maximum absolute atomic E-state index is 12.8. The van der Waals surface area contributed by atoms with Crippen LogP contribution in [-0.2, 0) is 4.79 Å². The number of benzene rings is 4. The highest BCUT2D eigenvalue weighted by atomic mass is 16.5. The smallest absolute Gasteiger partial charge is 0.234 e. The first-order valence-corrected chi connectivity index (χ1v) is 14.5. The fourth-order valence-corrected chi connectivity index (χ4v) is 5.57. The molecule has 8 heteroatoms. The fourth-order valence-electron chi connectivity index (χ4n) is 5.57. The van der Waals surface area contributed by atoms with Gasteiger partial charge in [0.2, 0.25) is 11.8 Å². The first-order valence-electron chi connectivity index (χ1n) is 14.5. The number of nitrogens with one attached hydrogen (secondary N) is 1. The number of oxazole rings is 1. The van der Waals surface area contributed by atoms with Gasteiger partial charge in [-0.25, -0.2) is 4.98 Å². The summed E-state index contributed by atoms with van der Waals surface area (Å²) in [6.45, 7) is 6.23. The third-order valence-electron chi connectivity index (χ3n) is 7.79. The van der Waals surface area contributed by atoms with E-state index in [1.807, 2.05) is 73.7 Å². The van der Waals surface area contributed by atoms with Gasteiger partial charge in [-0.05, 0) is 47.5 Å². The molecule has 0 bridgehead atoms. The second kappa shape index (κ2) is 12.7. The van der Waals surface area contributed by atoms with E-state index in [-0.39, 0.29) is 18.6 Å². The fraction of sp³-hybridized carbons (Fsp3) is 0.294. The molecule has 1 aromatic heterocycles. The Balaban J connectivity index is 0.936. The van der Waals surface area contributed by atoms with Crippen LogP contribution in [-0.4, -0.2) is 77.8 Å². The van der Waals surface area contributed by atoms with Crippen LogP contribution in [0.3, 0.4) is 0 Å². The number of aliphatic hydroxyl groups is 1. The third-order valence-corrected chi connectivity index (χ3v) is 7.79. The summed E-state index contributed by atoms with van der Waals surface area (Å²) < 4.78 is 11.8. The largest absolute Gasteiger partial charge is 0.491 e. The monoisotopic (exact) mass is 564 g/mol. The standard InChI is InChI=1S/C34H36N4O4/c1-24(29-13-7-11-25-8-5-6-12-30(25)29)35-33(40)22-38-18-16-37(17-19-38)21-27(39)23-41-28-14-15-32-31(20-28)36-34(42-32)26-9-3-2-4-10-26/h2-15,20,24,27,39H,16-19,21-23H2,1H3,(H,35,40)/t24-,27-/m1/s1. The minimum Gasteiger partial charge on any atom is -0.491 e. The zero-order valence-corrected chi connectivity index (χ0v) is 23.8. The highest BCUT2D eigenvalue weighted by Gasteiger charge is 2.22. The summed E-state index contributed by atoms with van der Waals surface area (Å²) >= 11 is 0. The van der Waals surface area contributed by atoms with E-state index in [2.05, 4.69) is 44.4 Å². The summed E-state index contributed by atoms with van der Waals surface area (Å²) in [5.74, 6) is 1.24. The molecule has 1 aliphatic rings. The Morgan fingerprint density at radius 3 is 2.52 bits per heavy atom. The van der Waals surface area contributed by atoms with Gasteiger partial charge >= 0.3 is 0 Å². The van der Waals surface area contributed by atoms with E-state index in [1.54, 1.807) is 0 Å². The van der Waals surface area contributed by atoms with Gasteiger partial charge in [0.15, 0.2) is 5.58 Å². The number of β-amino-alcohol motifs (C(OH)–C–C–N with tert-alkyl or cyclic N) is 1. The molecule has 0 spiro atoms. The molecule has 42 heavy (non-hydrogen) atoms. The lowest BCUT2D eigenvalue weighted by Gasteiger charge is -2.35. The van der Waals surface area contributed by atoms with Crippen molar-refractivity contribution in [1.82, 2.24) is 20.1 Å². The number of piperazine rings is 1. The van der Waals surface area contributed by atoms with Crippen molar-refractivity contribution in [1.29, 1.82) is 0 Å². The highest BCUT2D eigenvalue weighted by Crippen LogP contribution is 2.27. The van der Waals surface area contributed by atoms with Crippen LogP contribution in [0, 0.1) is 0 Å². The summed E-state index contributed by atoms with van der Waals surface area (Å²) in [6, 6.07) is 29.7. The van der Waals surface area contributed by atoms with Crippen molar-refractivity contribution in [2.45, 2.75) is 19.1 Å². The van der Waals surface area contributed by atoms with Gasteiger partial charge in [-0.15, -0.1) is 0 Å². The zero-order valence-electron chi connectivity index (χ0n) is 23.8. The SMILES string of the molecule is C[C@@H](NC(=O)CN1CCN(C[C@@H](O)COc2ccc3oc(-c4ccccc4)nc3c2)CC1)c1cccc2ccccc12. The van der Waals surface area contributed by atoms with Crippen molar-refractivity contribution in [3.8, 4) is 17.2 Å². The number of hydrogen-bond donors (Lipinski definition) is 2. The van der Waals surface area contributed by atoms with Gasteiger partial charge in [-0.3, -0.25) is 14.6 Å². The Labute approximate surface area is 245 Å². The molecule has 0 aliphatic carbocycles. The van der Waals surface area contributed by atoms with E-state index in [0.29, 0.717) is 35.8 Å². The van der Waals surface area contributed by atoms with E-state index < -0.39 is 6.10 Å². The molecule has 0 saturated carbocycles. The van der Waals surface area contributed by atoms with Crippen LogP contribution in [0.4, 0.5) is 0 Å². The number of carbonyl (C=O) groups is 1. The summed E-state index contributed by atoms with van der Waals surface area (Å²) in [7, 11) is 0. The van der Waals surface area contributed by atoms with Gasteiger partial charge in [0.25, 0.3) is 0 Å². The molecule has 1 saturated heterocycles. The van der Waals surface area contributed by atoms with E-state index in [9.17, 15) is 9.90 Å². The summed E-state index contributed by atoms with van der Waals surface area (Å²) in [6.07, 6.45) is -0.630. The number of hydrogen-bond acceptors (Lipinski definition) is 7. The van der Waals surface area contributed by atoms with Crippen LogP contribution in [0.15, 0.2) is 95.4 Å². The van der Waals surface area contributed by atoms with Crippen molar-refractivity contribution in [3.05, 3.63) is 96.6 Å². The Hall–Kier alpha value is -4.24. The maximum Gasteiger partial charge on any atom is 0.234 e. The van der Waals surface area contributed by atoms with Crippen molar-refractivity contribution in [2.24, 2.45) is 0 Å². The lowest BCUT2D eigenvalue weighted by atomic mass is 10.00. The van der Waals surface area contributed by atoms with Crippen molar-refractivity contribution < 1.29 is 19.1 Å². The molecule has 6 rings (SSSR count). The Kier molecular flexibility index (Phi) is 8.46. The minimum absolute atomic E-state index is 0.0253. The van der Waals surface area contributed by atoms with Crippen LogP contribution in [0.5, 0.6) is 5.75 Å². The molecule has 8 nitrogen and oxygen atoms in total. The quantitative estimate of drug-likeness (QED) is 0.250.